The highest BCUT2D eigenvalue weighted by Gasteiger charge is 2.33. The molecule has 2 aliphatic heterocycles. The number of carboxylic acid groups (broad SMARTS) is 1. The van der Waals surface area contributed by atoms with E-state index in [1.807, 2.05) is 0 Å². The van der Waals surface area contributed by atoms with Crippen LogP contribution in [0, 0.1) is 5.92 Å². The summed E-state index contributed by atoms with van der Waals surface area (Å²) < 4.78 is 0. The van der Waals surface area contributed by atoms with E-state index in [4.69, 9.17) is 5.11 Å². The van der Waals surface area contributed by atoms with Crippen molar-refractivity contribution in [1.29, 1.82) is 0 Å². The molecule has 94 valence electrons. The van der Waals surface area contributed by atoms with E-state index < -0.39 is 5.97 Å². The van der Waals surface area contributed by atoms with Gasteiger partial charge in [-0.3, -0.25) is 9.59 Å². The number of hydrogen-bond donors (Lipinski definition) is 3. The summed E-state index contributed by atoms with van der Waals surface area (Å²) in [5.41, 5.74) is 0. The van der Waals surface area contributed by atoms with Gasteiger partial charge >= 0.3 is 12.0 Å². The molecule has 7 heteroatoms. The Morgan fingerprint density at radius 1 is 1.47 bits per heavy atom. The van der Waals surface area contributed by atoms with E-state index in [1.54, 1.807) is 4.90 Å². The third-order valence-electron chi connectivity index (χ3n) is 3.01. The number of likely N-dealkylation sites (tertiary alicyclic amines) is 1. The van der Waals surface area contributed by atoms with Crippen LogP contribution in [-0.4, -0.2) is 53.6 Å². The summed E-state index contributed by atoms with van der Waals surface area (Å²) in [4.78, 5) is 34.6. The number of nitrogens with one attached hydrogen (secondary N) is 2. The first-order valence-electron chi connectivity index (χ1n) is 5.58. The Kier molecular flexibility index (Phi) is 3.16. The lowest BCUT2D eigenvalue weighted by Crippen LogP contribution is -2.56. The maximum atomic E-state index is 11.6. The molecule has 7 nitrogen and oxygen atoms in total. The first kappa shape index (κ1) is 11.7. The van der Waals surface area contributed by atoms with Crippen LogP contribution in [0.4, 0.5) is 4.79 Å². The third kappa shape index (κ3) is 2.86. The molecule has 2 heterocycles. The van der Waals surface area contributed by atoms with E-state index in [0.717, 1.165) is 0 Å². The van der Waals surface area contributed by atoms with Crippen molar-refractivity contribution in [1.82, 2.24) is 15.5 Å². The number of aliphatic carboxylic acids is 1. The summed E-state index contributed by atoms with van der Waals surface area (Å²) in [6, 6.07) is -0.360. The number of hydrogen-bond acceptors (Lipinski definition) is 3. The molecule has 0 aromatic rings. The van der Waals surface area contributed by atoms with Crippen molar-refractivity contribution < 1.29 is 19.5 Å². The van der Waals surface area contributed by atoms with Crippen LogP contribution in [0.5, 0.6) is 0 Å². The maximum absolute atomic E-state index is 11.6. The second kappa shape index (κ2) is 4.60. The molecule has 1 atom stereocenters. The fourth-order valence-corrected chi connectivity index (χ4v) is 2.08. The number of carbonyl (C=O) groups excluding carboxylic acids is 2. The zero-order valence-corrected chi connectivity index (χ0v) is 9.31. The van der Waals surface area contributed by atoms with Crippen LogP contribution < -0.4 is 10.6 Å². The standard InChI is InChI=1S/C10H15N3O4/c14-8-2-7(3-11-8)12-10(17)13-4-6(5-13)1-9(15)16/h6-7H,1-5H2,(H,11,14)(H,12,17)(H,15,16). The monoisotopic (exact) mass is 241 g/mol. The van der Waals surface area contributed by atoms with Gasteiger partial charge in [-0.05, 0) is 0 Å². The van der Waals surface area contributed by atoms with Crippen molar-refractivity contribution in [2.45, 2.75) is 18.9 Å². The number of carbonyl (C=O) groups is 3. The number of nitrogens with zero attached hydrogens (tertiary/aromatic N) is 1. The Labute approximate surface area is 98.2 Å². The summed E-state index contributed by atoms with van der Waals surface area (Å²) in [6.45, 7) is 1.43. The van der Waals surface area contributed by atoms with Gasteiger partial charge in [0.05, 0.1) is 12.5 Å². The lowest BCUT2D eigenvalue weighted by molar-refractivity contribution is -0.139. The van der Waals surface area contributed by atoms with E-state index in [1.165, 1.54) is 0 Å². The summed E-state index contributed by atoms with van der Waals surface area (Å²) in [5, 5.41) is 13.9. The number of amides is 3. The molecule has 2 fully saturated rings. The van der Waals surface area contributed by atoms with E-state index in [9.17, 15) is 14.4 Å². The van der Waals surface area contributed by atoms with Gasteiger partial charge in [-0.15, -0.1) is 0 Å². The molecule has 3 amide bonds. The molecule has 0 aromatic heterocycles. The Balaban J connectivity index is 1.69. The summed E-state index contributed by atoms with van der Waals surface area (Å²) >= 11 is 0. The minimum Gasteiger partial charge on any atom is -0.481 e. The highest BCUT2D eigenvalue weighted by molar-refractivity contribution is 5.81. The molecular weight excluding hydrogens is 226 g/mol. The van der Waals surface area contributed by atoms with Crippen molar-refractivity contribution in [3.63, 3.8) is 0 Å². The van der Waals surface area contributed by atoms with Gasteiger partial charge in [0.2, 0.25) is 5.91 Å². The topological polar surface area (TPSA) is 98.7 Å². The Morgan fingerprint density at radius 2 is 2.18 bits per heavy atom. The van der Waals surface area contributed by atoms with Crippen LogP contribution in [0.15, 0.2) is 0 Å². The smallest absolute Gasteiger partial charge is 0.317 e. The molecule has 3 N–H and O–H groups in total. The second-order valence-corrected chi connectivity index (χ2v) is 4.52. The average molecular weight is 241 g/mol. The molecule has 0 spiro atoms. The minimum absolute atomic E-state index is 0.0531. The normalized spacial score (nSPS) is 24.1. The third-order valence-corrected chi connectivity index (χ3v) is 3.01. The van der Waals surface area contributed by atoms with Gasteiger partial charge < -0.3 is 20.6 Å². The van der Waals surface area contributed by atoms with E-state index in [-0.39, 0.29) is 30.3 Å². The van der Waals surface area contributed by atoms with Crippen LogP contribution >= 0.6 is 0 Å². The summed E-state index contributed by atoms with van der Waals surface area (Å²) in [6.07, 6.45) is 0.422. The largest absolute Gasteiger partial charge is 0.481 e. The summed E-state index contributed by atoms with van der Waals surface area (Å²) in [5.74, 6) is -0.829. The predicted octanol–water partition coefficient (Wildman–Crippen LogP) is -1.01. The molecule has 2 aliphatic rings. The Hall–Kier alpha value is -1.79. The van der Waals surface area contributed by atoms with Crippen molar-refractivity contribution in [3.8, 4) is 0 Å². The predicted molar refractivity (Wildman–Crippen MR) is 57.3 cm³/mol. The Morgan fingerprint density at radius 3 is 2.71 bits per heavy atom. The highest BCUT2D eigenvalue weighted by atomic mass is 16.4. The SMILES string of the molecule is O=C(O)CC1CN(C(=O)NC2CNC(=O)C2)C1. The molecule has 0 aliphatic carbocycles. The van der Waals surface area contributed by atoms with Crippen LogP contribution in [0.3, 0.4) is 0 Å². The van der Waals surface area contributed by atoms with Crippen LogP contribution in [0.2, 0.25) is 0 Å². The lowest BCUT2D eigenvalue weighted by Gasteiger charge is -2.38. The quantitative estimate of drug-likeness (QED) is 0.589. The van der Waals surface area contributed by atoms with Gasteiger partial charge in [-0.25, -0.2) is 4.79 Å². The maximum Gasteiger partial charge on any atom is 0.317 e. The van der Waals surface area contributed by atoms with Gasteiger partial charge in [-0.2, -0.15) is 0 Å². The Bertz CT molecular complexity index is 351. The fourth-order valence-electron chi connectivity index (χ4n) is 2.08. The van der Waals surface area contributed by atoms with Crippen LogP contribution in [0.25, 0.3) is 0 Å². The summed E-state index contributed by atoms with van der Waals surface area (Å²) in [7, 11) is 0. The second-order valence-electron chi connectivity index (χ2n) is 4.52. The zero-order valence-electron chi connectivity index (χ0n) is 9.31. The highest BCUT2D eigenvalue weighted by Crippen LogP contribution is 2.19. The lowest BCUT2D eigenvalue weighted by atomic mass is 9.97. The molecule has 1 unspecified atom stereocenters. The van der Waals surface area contributed by atoms with Crippen molar-refractivity contribution in [3.05, 3.63) is 0 Å². The first-order valence-corrected chi connectivity index (χ1v) is 5.58. The number of carboxylic acids is 1. The molecular formula is C10H15N3O4. The number of urea groups is 1. The van der Waals surface area contributed by atoms with Crippen molar-refractivity contribution in [2.75, 3.05) is 19.6 Å². The van der Waals surface area contributed by atoms with Gasteiger partial charge in [-0.1, -0.05) is 0 Å². The average Bonchev–Trinajstić information content (AvgIpc) is 2.56. The first-order chi connectivity index (χ1) is 8.04. The minimum atomic E-state index is -0.833. The van der Waals surface area contributed by atoms with E-state index in [2.05, 4.69) is 10.6 Å². The molecule has 2 rings (SSSR count). The fraction of sp³-hybridized carbons (Fsp3) is 0.700. The van der Waals surface area contributed by atoms with Crippen LogP contribution in [0.1, 0.15) is 12.8 Å². The molecule has 0 bridgehead atoms. The van der Waals surface area contributed by atoms with Crippen molar-refractivity contribution >= 4 is 17.9 Å². The molecule has 0 radical (unpaired) electrons. The number of rotatable bonds is 3. The van der Waals surface area contributed by atoms with Crippen LogP contribution in [-0.2, 0) is 9.59 Å². The van der Waals surface area contributed by atoms with E-state index >= 15 is 0 Å². The van der Waals surface area contributed by atoms with Gasteiger partial charge in [0.25, 0.3) is 0 Å². The van der Waals surface area contributed by atoms with E-state index in [0.29, 0.717) is 26.1 Å². The van der Waals surface area contributed by atoms with Gasteiger partial charge in [0, 0.05) is 32.0 Å². The molecule has 0 saturated carbocycles. The molecule has 17 heavy (non-hydrogen) atoms. The van der Waals surface area contributed by atoms with Gasteiger partial charge in [0.15, 0.2) is 0 Å². The van der Waals surface area contributed by atoms with Crippen molar-refractivity contribution in [2.24, 2.45) is 5.92 Å². The molecule has 0 aromatic carbocycles. The van der Waals surface area contributed by atoms with Gasteiger partial charge in [0.1, 0.15) is 0 Å². The molecule has 2 saturated heterocycles. The zero-order chi connectivity index (χ0) is 12.4.